The quantitative estimate of drug-likeness (QED) is 0.610. The first-order valence-electron chi connectivity index (χ1n) is 9.61. The molecule has 0 saturated carbocycles. The third-order valence-corrected chi connectivity index (χ3v) is 5.17. The van der Waals surface area contributed by atoms with Gasteiger partial charge in [0.1, 0.15) is 5.75 Å². The van der Waals surface area contributed by atoms with E-state index in [4.69, 9.17) is 21.1 Å². The molecule has 29 heavy (non-hydrogen) atoms. The second-order valence-electron chi connectivity index (χ2n) is 6.92. The van der Waals surface area contributed by atoms with Gasteiger partial charge in [-0.2, -0.15) is 0 Å². The summed E-state index contributed by atoms with van der Waals surface area (Å²) in [5.41, 5.74) is 3.48. The fraction of sp³-hybridized carbons (Fsp3) is 0.409. The molecule has 1 aliphatic rings. The first-order chi connectivity index (χ1) is 13.6. The number of hydrogen-bond donors (Lipinski definition) is 2. The Balaban J connectivity index is 0.00000300. The van der Waals surface area contributed by atoms with E-state index in [1.165, 1.54) is 11.1 Å². The Hall–Kier alpha value is -1.79. The smallest absolute Gasteiger partial charge is 0.344 e. The maximum atomic E-state index is 11.5. The Kier molecular flexibility index (Phi) is 9.24. The second kappa shape index (κ2) is 11.4. The lowest BCUT2D eigenvalue weighted by atomic mass is 9.87. The molecule has 5 nitrogen and oxygen atoms in total. The molecule has 0 aromatic heterocycles. The van der Waals surface area contributed by atoms with Crippen LogP contribution in [0.3, 0.4) is 0 Å². The van der Waals surface area contributed by atoms with E-state index in [0.29, 0.717) is 17.4 Å². The summed E-state index contributed by atoms with van der Waals surface area (Å²) in [7, 11) is 0. The molecule has 0 fully saturated rings. The van der Waals surface area contributed by atoms with Crippen LogP contribution in [0.15, 0.2) is 42.5 Å². The first-order valence-corrected chi connectivity index (χ1v) is 9.99. The van der Waals surface area contributed by atoms with Gasteiger partial charge in [0.15, 0.2) is 6.61 Å². The summed E-state index contributed by atoms with van der Waals surface area (Å²) in [6, 6.07) is 13.6. The lowest BCUT2D eigenvalue weighted by molar-refractivity contribution is -0.145. The van der Waals surface area contributed by atoms with Crippen LogP contribution in [0.4, 0.5) is 0 Å². The van der Waals surface area contributed by atoms with Gasteiger partial charge >= 0.3 is 5.97 Å². The van der Waals surface area contributed by atoms with Crippen molar-refractivity contribution in [3.05, 3.63) is 64.2 Å². The number of hydrogen-bond acceptors (Lipinski definition) is 5. The van der Waals surface area contributed by atoms with Crippen LogP contribution in [0.25, 0.3) is 0 Å². The Bertz CT molecular complexity index is 815. The molecule has 0 saturated heterocycles. The van der Waals surface area contributed by atoms with Gasteiger partial charge in [0.25, 0.3) is 0 Å². The van der Waals surface area contributed by atoms with Gasteiger partial charge in [-0.15, -0.1) is 12.4 Å². The van der Waals surface area contributed by atoms with Crippen LogP contribution >= 0.6 is 24.0 Å². The predicted octanol–water partition coefficient (Wildman–Crippen LogP) is 3.88. The number of ether oxygens (including phenoxy) is 2. The van der Waals surface area contributed by atoms with E-state index >= 15 is 0 Å². The number of carbonyl (C=O) groups excluding carboxylic acids is 1. The van der Waals surface area contributed by atoms with Crippen molar-refractivity contribution in [2.45, 2.75) is 38.3 Å². The Morgan fingerprint density at radius 1 is 1.28 bits per heavy atom. The highest BCUT2D eigenvalue weighted by molar-refractivity contribution is 6.30. The number of carbonyl (C=O) groups is 1. The summed E-state index contributed by atoms with van der Waals surface area (Å²) in [5, 5.41) is 14.1. The fourth-order valence-electron chi connectivity index (χ4n) is 3.57. The SMILES string of the molecule is CCOC(=O)COc1ccc2c(c1)CC(NC(CO)c1cccc(Cl)c1)CC2.Cl. The number of fused-ring (bicyclic) bond motifs is 1. The summed E-state index contributed by atoms with van der Waals surface area (Å²) in [4.78, 5) is 11.5. The van der Waals surface area contributed by atoms with Gasteiger partial charge in [0.2, 0.25) is 0 Å². The van der Waals surface area contributed by atoms with Crippen molar-refractivity contribution in [2.24, 2.45) is 0 Å². The van der Waals surface area contributed by atoms with Crippen molar-refractivity contribution in [1.82, 2.24) is 5.32 Å². The number of aryl methyl sites for hydroxylation is 1. The van der Waals surface area contributed by atoms with E-state index in [1.54, 1.807) is 6.92 Å². The summed E-state index contributed by atoms with van der Waals surface area (Å²) in [6.45, 7) is 2.04. The molecule has 2 aromatic carbocycles. The number of aliphatic hydroxyl groups is 1. The highest BCUT2D eigenvalue weighted by Gasteiger charge is 2.22. The Morgan fingerprint density at radius 2 is 2.10 bits per heavy atom. The molecule has 0 radical (unpaired) electrons. The average Bonchev–Trinajstić information content (AvgIpc) is 2.70. The van der Waals surface area contributed by atoms with E-state index < -0.39 is 0 Å². The zero-order valence-corrected chi connectivity index (χ0v) is 18.0. The molecule has 3 rings (SSSR count). The van der Waals surface area contributed by atoms with E-state index in [9.17, 15) is 9.90 Å². The molecule has 7 heteroatoms. The Labute approximate surface area is 182 Å². The molecule has 0 spiro atoms. The van der Waals surface area contributed by atoms with Crippen LogP contribution in [0.5, 0.6) is 5.75 Å². The van der Waals surface area contributed by atoms with Gasteiger partial charge < -0.3 is 19.9 Å². The number of rotatable bonds is 8. The van der Waals surface area contributed by atoms with Gasteiger partial charge in [-0.3, -0.25) is 0 Å². The fourth-order valence-corrected chi connectivity index (χ4v) is 3.77. The van der Waals surface area contributed by atoms with Crippen molar-refractivity contribution in [2.75, 3.05) is 19.8 Å². The molecular formula is C22H27Cl2NO4. The minimum Gasteiger partial charge on any atom is -0.482 e. The van der Waals surface area contributed by atoms with Crippen LogP contribution in [0.1, 0.15) is 36.1 Å². The highest BCUT2D eigenvalue weighted by atomic mass is 35.5. The van der Waals surface area contributed by atoms with E-state index in [-0.39, 0.29) is 43.7 Å². The van der Waals surface area contributed by atoms with Crippen LogP contribution in [0.2, 0.25) is 5.02 Å². The monoisotopic (exact) mass is 439 g/mol. The molecule has 2 unspecified atom stereocenters. The molecule has 1 aliphatic carbocycles. The summed E-state index contributed by atoms with van der Waals surface area (Å²) >= 11 is 6.09. The average molecular weight is 440 g/mol. The lowest BCUT2D eigenvalue weighted by Gasteiger charge is -2.29. The highest BCUT2D eigenvalue weighted by Crippen LogP contribution is 2.27. The van der Waals surface area contributed by atoms with Gasteiger partial charge in [-0.1, -0.05) is 29.8 Å². The normalized spacial score (nSPS) is 16.3. The number of benzene rings is 2. The van der Waals surface area contributed by atoms with E-state index in [1.807, 2.05) is 36.4 Å². The van der Waals surface area contributed by atoms with Crippen LogP contribution in [-0.4, -0.2) is 36.9 Å². The molecule has 0 bridgehead atoms. The van der Waals surface area contributed by atoms with Crippen molar-refractivity contribution < 1.29 is 19.4 Å². The number of nitrogens with one attached hydrogen (secondary N) is 1. The molecule has 0 aliphatic heterocycles. The molecule has 0 heterocycles. The minimum atomic E-state index is -0.368. The Morgan fingerprint density at radius 3 is 2.83 bits per heavy atom. The zero-order valence-electron chi connectivity index (χ0n) is 16.4. The summed E-state index contributed by atoms with van der Waals surface area (Å²) in [6.07, 6.45) is 2.79. The summed E-state index contributed by atoms with van der Waals surface area (Å²) in [5.74, 6) is 0.299. The number of aliphatic hydroxyl groups excluding tert-OH is 1. The molecule has 158 valence electrons. The van der Waals surface area contributed by atoms with Gasteiger partial charge in [-0.05, 0) is 67.1 Å². The standard InChI is InChI=1S/C22H26ClNO4.ClH/c1-2-27-22(26)14-28-20-9-7-15-6-8-19(11-17(15)12-20)24-21(13-25)16-4-3-5-18(23)10-16;/h3-5,7,9-10,12,19,21,24-25H,2,6,8,11,13-14H2,1H3;1H. The maximum Gasteiger partial charge on any atom is 0.344 e. The van der Waals surface area contributed by atoms with Crippen molar-refractivity contribution in [3.63, 3.8) is 0 Å². The largest absolute Gasteiger partial charge is 0.482 e. The third-order valence-electron chi connectivity index (χ3n) is 4.94. The molecule has 2 atom stereocenters. The predicted molar refractivity (Wildman–Crippen MR) is 116 cm³/mol. The van der Waals surface area contributed by atoms with Crippen LogP contribution < -0.4 is 10.1 Å². The van der Waals surface area contributed by atoms with E-state index in [2.05, 4.69) is 11.4 Å². The molecule has 2 aromatic rings. The number of halogens is 2. The lowest BCUT2D eigenvalue weighted by Crippen LogP contribution is -2.38. The second-order valence-corrected chi connectivity index (χ2v) is 7.36. The van der Waals surface area contributed by atoms with Gasteiger partial charge in [0, 0.05) is 11.1 Å². The van der Waals surface area contributed by atoms with Crippen LogP contribution in [0, 0.1) is 0 Å². The molecule has 0 amide bonds. The van der Waals surface area contributed by atoms with Crippen molar-refractivity contribution >= 4 is 30.0 Å². The maximum absolute atomic E-state index is 11.5. The number of esters is 1. The molecular weight excluding hydrogens is 413 g/mol. The van der Waals surface area contributed by atoms with Crippen molar-refractivity contribution in [1.29, 1.82) is 0 Å². The van der Waals surface area contributed by atoms with Crippen molar-refractivity contribution in [3.8, 4) is 5.75 Å². The van der Waals surface area contributed by atoms with Gasteiger partial charge in [0.05, 0.1) is 19.3 Å². The zero-order chi connectivity index (χ0) is 19.9. The first kappa shape index (κ1) is 23.5. The third kappa shape index (κ3) is 6.61. The minimum absolute atomic E-state index is 0. The van der Waals surface area contributed by atoms with Gasteiger partial charge in [-0.25, -0.2) is 4.79 Å². The van der Waals surface area contributed by atoms with Crippen LogP contribution in [-0.2, 0) is 22.4 Å². The summed E-state index contributed by atoms with van der Waals surface area (Å²) < 4.78 is 10.4. The molecule has 2 N–H and O–H groups in total. The topological polar surface area (TPSA) is 67.8 Å². The van der Waals surface area contributed by atoms with E-state index in [0.717, 1.165) is 24.8 Å².